The normalized spacial score (nSPS) is 19.9. The highest BCUT2D eigenvalue weighted by Crippen LogP contribution is 2.23. The first-order valence-corrected chi connectivity index (χ1v) is 28.2. The molecule has 10 heteroatoms. The maximum Gasteiger partial charge on any atom is 0.220 e. The molecule has 1 aliphatic heterocycles. The molecule has 7 N–H and O–H groups in total. The number of unbranched alkanes of at least 4 members (excludes halogenated alkanes) is 36. The van der Waals surface area contributed by atoms with Crippen LogP contribution in [-0.4, -0.2) is 99.2 Å². The Kier molecular flexibility index (Phi) is 44.9. The average molecular weight is 938 g/mol. The summed E-state index contributed by atoms with van der Waals surface area (Å²) in [6, 6.07) is -0.804. The Bertz CT molecular complexity index is 1090. The number of hydrogen-bond donors (Lipinski definition) is 7. The van der Waals surface area contributed by atoms with Gasteiger partial charge < -0.3 is 45.4 Å². The molecule has 0 saturated carbocycles. The van der Waals surface area contributed by atoms with Crippen LogP contribution < -0.4 is 5.32 Å². The molecule has 0 aromatic rings. The summed E-state index contributed by atoms with van der Waals surface area (Å²) in [4.78, 5) is 13.0. The molecule has 7 atom stereocenters. The van der Waals surface area contributed by atoms with Gasteiger partial charge in [-0.05, 0) is 51.4 Å². The van der Waals surface area contributed by atoms with E-state index in [1.54, 1.807) is 6.08 Å². The third-order valence-electron chi connectivity index (χ3n) is 13.6. The highest BCUT2D eigenvalue weighted by atomic mass is 16.7. The quantitative estimate of drug-likeness (QED) is 0.0232. The van der Waals surface area contributed by atoms with Crippen LogP contribution >= 0.6 is 0 Å². The van der Waals surface area contributed by atoms with E-state index in [0.29, 0.717) is 13.0 Å². The number of hydrogen-bond acceptors (Lipinski definition) is 9. The summed E-state index contributed by atoms with van der Waals surface area (Å²) in [5.74, 6) is -0.176. The molecule has 1 amide bonds. The molecule has 1 aliphatic rings. The van der Waals surface area contributed by atoms with Gasteiger partial charge in [-0.25, -0.2) is 0 Å². The van der Waals surface area contributed by atoms with E-state index in [2.05, 4.69) is 24.4 Å². The minimum atomic E-state index is -1.57. The van der Waals surface area contributed by atoms with E-state index in [1.807, 2.05) is 6.08 Å². The van der Waals surface area contributed by atoms with Crippen LogP contribution in [0, 0.1) is 0 Å². The molecule has 0 spiro atoms. The fourth-order valence-electron chi connectivity index (χ4n) is 9.07. The summed E-state index contributed by atoms with van der Waals surface area (Å²) < 4.78 is 11.2. The Morgan fingerprint density at radius 2 is 0.894 bits per heavy atom. The van der Waals surface area contributed by atoms with Gasteiger partial charge in [0.2, 0.25) is 5.91 Å². The third-order valence-corrected chi connectivity index (χ3v) is 13.6. The molecule has 3 unspecified atom stereocenters. The highest BCUT2D eigenvalue weighted by molar-refractivity contribution is 5.76. The fourth-order valence-corrected chi connectivity index (χ4v) is 9.07. The Morgan fingerprint density at radius 3 is 1.30 bits per heavy atom. The minimum Gasteiger partial charge on any atom is -0.396 e. The number of ether oxygens (including phenoxy) is 2. The van der Waals surface area contributed by atoms with Crippen molar-refractivity contribution in [3.63, 3.8) is 0 Å². The van der Waals surface area contributed by atoms with Crippen LogP contribution in [0.25, 0.3) is 0 Å². The lowest BCUT2D eigenvalue weighted by atomic mass is 9.99. The Morgan fingerprint density at radius 1 is 0.515 bits per heavy atom. The van der Waals surface area contributed by atoms with E-state index in [4.69, 9.17) is 14.6 Å². The van der Waals surface area contributed by atoms with Gasteiger partial charge in [0.15, 0.2) is 6.29 Å². The number of nitrogens with one attached hydrogen (secondary N) is 1. The van der Waals surface area contributed by atoms with Crippen molar-refractivity contribution in [2.45, 2.75) is 307 Å². The van der Waals surface area contributed by atoms with Crippen LogP contribution in [0.4, 0.5) is 0 Å². The van der Waals surface area contributed by atoms with E-state index in [-0.39, 0.29) is 12.5 Å². The molecular weight excluding hydrogens is 831 g/mol. The van der Waals surface area contributed by atoms with Crippen LogP contribution in [0.5, 0.6) is 0 Å². The summed E-state index contributed by atoms with van der Waals surface area (Å²) in [5, 5.41) is 63.2. The topological polar surface area (TPSA) is 169 Å². The lowest BCUT2D eigenvalue weighted by molar-refractivity contribution is -0.302. The van der Waals surface area contributed by atoms with Crippen molar-refractivity contribution in [3.8, 4) is 0 Å². The number of carbonyl (C=O) groups is 1. The molecule has 10 nitrogen and oxygen atoms in total. The molecule has 0 aliphatic carbocycles. The zero-order valence-corrected chi connectivity index (χ0v) is 42.7. The summed E-state index contributed by atoms with van der Waals surface area (Å²) in [5.41, 5.74) is 0. The molecule has 1 rings (SSSR count). The standard InChI is InChI=1S/C56H107NO9/c1-2-3-4-5-6-7-8-26-29-32-35-38-41-44-50(60)49(48-65-56-55(64)54(63)53(62)51(47-59)66-56)57-52(61)45-42-39-36-33-30-27-24-22-20-18-16-14-12-10-9-11-13-15-17-19-21-23-25-28-31-34-37-40-43-46-58/h21,23,41,44,49-51,53-56,58-60,62-64H,2-20,22,24-40,42-43,45-48H2,1H3,(H,57,61)/t49?,50?,51-,53-,54+,55-,56?/m1/s1. The largest absolute Gasteiger partial charge is 0.396 e. The number of allylic oxidation sites excluding steroid dienone is 3. The second kappa shape index (κ2) is 47.3. The van der Waals surface area contributed by atoms with Gasteiger partial charge >= 0.3 is 0 Å². The van der Waals surface area contributed by atoms with Crippen molar-refractivity contribution in [2.75, 3.05) is 19.8 Å². The number of aliphatic hydroxyl groups excluding tert-OH is 6. The second-order valence-corrected chi connectivity index (χ2v) is 19.8. The van der Waals surface area contributed by atoms with Crippen molar-refractivity contribution in [2.24, 2.45) is 0 Å². The van der Waals surface area contributed by atoms with Gasteiger partial charge in [-0.2, -0.15) is 0 Å². The van der Waals surface area contributed by atoms with Gasteiger partial charge in [-0.15, -0.1) is 0 Å². The first kappa shape index (κ1) is 62.6. The molecular formula is C56H107NO9. The zero-order valence-electron chi connectivity index (χ0n) is 42.7. The lowest BCUT2D eigenvalue weighted by Crippen LogP contribution is -2.60. The van der Waals surface area contributed by atoms with Gasteiger partial charge in [0.1, 0.15) is 24.4 Å². The fraction of sp³-hybridized carbons (Fsp3) is 0.911. The molecule has 0 aromatic carbocycles. The molecule has 0 radical (unpaired) electrons. The number of rotatable bonds is 49. The first-order chi connectivity index (χ1) is 32.3. The number of carbonyl (C=O) groups excluding carboxylic acids is 1. The van der Waals surface area contributed by atoms with E-state index in [0.717, 1.165) is 44.9 Å². The predicted molar refractivity (Wildman–Crippen MR) is 273 cm³/mol. The number of amides is 1. The number of aliphatic hydroxyl groups is 6. The second-order valence-electron chi connectivity index (χ2n) is 19.8. The zero-order chi connectivity index (χ0) is 48.0. The minimum absolute atomic E-state index is 0.176. The van der Waals surface area contributed by atoms with E-state index >= 15 is 0 Å². The first-order valence-electron chi connectivity index (χ1n) is 28.2. The summed E-state index contributed by atoms with van der Waals surface area (Å²) in [7, 11) is 0. The van der Waals surface area contributed by atoms with Gasteiger partial charge in [0.25, 0.3) is 0 Å². The molecule has 66 heavy (non-hydrogen) atoms. The van der Waals surface area contributed by atoms with Crippen LogP contribution in [0.3, 0.4) is 0 Å². The van der Waals surface area contributed by atoms with Crippen molar-refractivity contribution in [1.29, 1.82) is 0 Å². The maximum atomic E-state index is 13.0. The maximum absolute atomic E-state index is 13.0. The highest BCUT2D eigenvalue weighted by Gasteiger charge is 2.44. The molecule has 1 heterocycles. The Hall–Kier alpha value is -1.37. The van der Waals surface area contributed by atoms with Crippen LogP contribution in [-0.2, 0) is 14.3 Å². The van der Waals surface area contributed by atoms with Crippen molar-refractivity contribution in [1.82, 2.24) is 5.32 Å². The lowest BCUT2D eigenvalue weighted by Gasteiger charge is -2.40. The Labute approximate surface area is 405 Å². The average Bonchev–Trinajstić information content (AvgIpc) is 3.32. The van der Waals surface area contributed by atoms with Gasteiger partial charge in [0.05, 0.1) is 25.4 Å². The molecule has 390 valence electrons. The van der Waals surface area contributed by atoms with Crippen LogP contribution in [0.1, 0.15) is 264 Å². The molecule has 1 fully saturated rings. The van der Waals surface area contributed by atoms with Gasteiger partial charge in [-0.3, -0.25) is 4.79 Å². The molecule has 0 bridgehead atoms. The van der Waals surface area contributed by atoms with Crippen LogP contribution in [0.2, 0.25) is 0 Å². The van der Waals surface area contributed by atoms with E-state index in [1.165, 1.54) is 205 Å². The van der Waals surface area contributed by atoms with E-state index in [9.17, 15) is 30.3 Å². The van der Waals surface area contributed by atoms with E-state index < -0.39 is 49.5 Å². The molecule has 1 saturated heterocycles. The smallest absolute Gasteiger partial charge is 0.220 e. The van der Waals surface area contributed by atoms with Crippen molar-refractivity contribution < 1.29 is 44.9 Å². The summed E-state index contributed by atoms with van der Waals surface area (Å²) in [6.45, 7) is 1.84. The van der Waals surface area contributed by atoms with Gasteiger partial charge in [0, 0.05) is 13.0 Å². The summed E-state index contributed by atoms with van der Waals surface area (Å²) >= 11 is 0. The Balaban J connectivity index is 2.13. The SMILES string of the molecule is CCCCCCCCCCCCCC=CC(O)C(COC1O[C@H](CO)[C@@H](O)[C@H](O)[C@H]1O)NC(=O)CCCCCCCCCCCCCCCCCCCCCC=CCCCCCCCCO. The van der Waals surface area contributed by atoms with Crippen molar-refractivity contribution in [3.05, 3.63) is 24.3 Å². The van der Waals surface area contributed by atoms with Gasteiger partial charge in [-0.1, -0.05) is 230 Å². The van der Waals surface area contributed by atoms with Crippen molar-refractivity contribution >= 4 is 5.91 Å². The monoisotopic (exact) mass is 938 g/mol. The van der Waals surface area contributed by atoms with Crippen LogP contribution in [0.15, 0.2) is 24.3 Å². The third kappa shape index (κ3) is 36.6. The predicted octanol–water partition coefficient (Wildman–Crippen LogP) is 12.4. The summed E-state index contributed by atoms with van der Waals surface area (Å²) in [6.07, 6.45) is 49.7. The molecule has 0 aromatic heterocycles.